The van der Waals surface area contributed by atoms with E-state index in [0.29, 0.717) is 11.1 Å². The van der Waals surface area contributed by atoms with Crippen LogP contribution in [0.2, 0.25) is 0 Å². The van der Waals surface area contributed by atoms with E-state index in [9.17, 15) is 40.2 Å². The maximum atomic E-state index is 12.6. The van der Waals surface area contributed by atoms with E-state index >= 15 is 0 Å². The molecular formula is C30H28O12. The zero-order valence-electron chi connectivity index (χ0n) is 21.9. The summed E-state index contributed by atoms with van der Waals surface area (Å²) in [4.78, 5) is 24.7. The zero-order valence-corrected chi connectivity index (χ0v) is 21.9. The molecule has 6 N–H and O–H groups in total. The highest BCUT2D eigenvalue weighted by Gasteiger charge is 2.45. The fourth-order valence-electron chi connectivity index (χ4n) is 4.62. The summed E-state index contributed by atoms with van der Waals surface area (Å²) in [6.07, 6.45) is -5.63. The molecule has 0 amide bonds. The van der Waals surface area contributed by atoms with E-state index in [0.717, 1.165) is 12.1 Å². The van der Waals surface area contributed by atoms with Crippen molar-refractivity contribution in [3.8, 4) is 28.7 Å². The molecule has 12 heteroatoms. The first-order valence-electron chi connectivity index (χ1n) is 12.9. The molecule has 0 saturated carbocycles. The molecule has 6 unspecified atom stereocenters. The summed E-state index contributed by atoms with van der Waals surface area (Å²) >= 11 is 0. The molecule has 1 fully saturated rings. The van der Waals surface area contributed by atoms with Gasteiger partial charge in [-0.15, -0.1) is 0 Å². The number of aliphatic hydroxyl groups excluding tert-OH is 3. The van der Waals surface area contributed by atoms with Gasteiger partial charge in [0.2, 0.25) is 6.29 Å². The molecular weight excluding hydrogens is 552 g/mol. The fraction of sp³-hybridized carbons (Fsp3) is 0.267. The Morgan fingerprint density at radius 1 is 0.905 bits per heavy atom. The topological polar surface area (TPSA) is 192 Å². The van der Waals surface area contributed by atoms with Gasteiger partial charge in [-0.1, -0.05) is 24.3 Å². The minimum atomic E-state index is -1.66. The van der Waals surface area contributed by atoms with Crippen LogP contribution in [0, 0.1) is 0 Å². The lowest BCUT2D eigenvalue weighted by Gasteiger charge is -2.39. The highest BCUT2D eigenvalue weighted by molar-refractivity contribution is 6.02. The summed E-state index contributed by atoms with van der Waals surface area (Å²) in [5.41, 5.74) is 1.23. The molecule has 0 aliphatic carbocycles. The van der Waals surface area contributed by atoms with Crippen LogP contribution >= 0.6 is 0 Å². The predicted octanol–water partition coefficient (Wildman–Crippen LogP) is 1.95. The third-order valence-corrected chi connectivity index (χ3v) is 6.85. The van der Waals surface area contributed by atoms with E-state index in [1.165, 1.54) is 36.4 Å². The first-order valence-corrected chi connectivity index (χ1v) is 12.9. The Morgan fingerprint density at radius 3 is 2.33 bits per heavy atom. The van der Waals surface area contributed by atoms with Gasteiger partial charge in [0.05, 0.1) is 6.42 Å². The van der Waals surface area contributed by atoms with Gasteiger partial charge in [-0.05, 0) is 41.5 Å². The smallest absolute Gasteiger partial charge is 0.330 e. The molecule has 6 atom stereocenters. The van der Waals surface area contributed by atoms with Crippen molar-refractivity contribution >= 4 is 17.8 Å². The van der Waals surface area contributed by atoms with Gasteiger partial charge in [-0.2, -0.15) is 0 Å². The van der Waals surface area contributed by atoms with Crippen molar-refractivity contribution in [1.29, 1.82) is 0 Å². The van der Waals surface area contributed by atoms with E-state index in [1.807, 2.05) is 0 Å². The molecule has 0 spiro atoms. The number of fused-ring (bicyclic) bond motifs is 1. The van der Waals surface area contributed by atoms with Gasteiger partial charge in [0.15, 0.2) is 5.78 Å². The van der Waals surface area contributed by atoms with Crippen LogP contribution in [0.25, 0.3) is 6.08 Å². The van der Waals surface area contributed by atoms with Crippen LogP contribution in [-0.2, 0) is 14.3 Å². The van der Waals surface area contributed by atoms with Crippen molar-refractivity contribution in [3.63, 3.8) is 0 Å². The summed E-state index contributed by atoms with van der Waals surface area (Å²) < 4.78 is 22.3. The van der Waals surface area contributed by atoms with E-state index in [2.05, 4.69) is 0 Å². The number of carbonyl (C=O) groups is 2. The van der Waals surface area contributed by atoms with Crippen molar-refractivity contribution < 1.29 is 59.2 Å². The van der Waals surface area contributed by atoms with E-state index in [-0.39, 0.29) is 46.5 Å². The van der Waals surface area contributed by atoms with Crippen molar-refractivity contribution in [2.24, 2.45) is 0 Å². The first kappa shape index (κ1) is 28.9. The second-order valence-corrected chi connectivity index (χ2v) is 9.83. The molecule has 220 valence electrons. The number of aliphatic hydroxyl groups is 3. The highest BCUT2D eigenvalue weighted by Crippen LogP contribution is 2.41. The predicted molar refractivity (Wildman–Crippen MR) is 144 cm³/mol. The molecule has 1 saturated heterocycles. The van der Waals surface area contributed by atoms with Crippen molar-refractivity contribution in [2.45, 2.75) is 43.2 Å². The number of hydrogen-bond acceptors (Lipinski definition) is 12. The Hall–Kier alpha value is -4.62. The molecule has 5 rings (SSSR count). The molecule has 3 aromatic carbocycles. The maximum absolute atomic E-state index is 12.6. The van der Waals surface area contributed by atoms with Gasteiger partial charge >= 0.3 is 5.97 Å². The van der Waals surface area contributed by atoms with Gasteiger partial charge in [0.1, 0.15) is 71.4 Å². The first-order chi connectivity index (χ1) is 20.1. The van der Waals surface area contributed by atoms with Crippen molar-refractivity contribution in [2.75, 3.05) is 6.61 Å². The van der Waals surface area contributed by atoms with Crippen LogP contribution in [0.3, 0.4) is 0 Å². The molecule has 2 aliphatic rings. The normalized spacial score (nSPS) is 25.5. The minimum absolute atomic E-state index is 0.00165. The lowest BCUT2D eigenvalue weighted by molar-refractivity contribution is -0.278. The third-order valence-electron chi connectivity index (χ3n) is 6.85. The number of carbonyl (C=O) groups excluding carboxylic acids is 2. The third kappa shape index (κ3) is 6.31. The second-order valence-electron chi connectivity index (χ2n) is 9.83. The Bertz CT molecular complexity index is 1470. The second kappa shape index (κ2) is 12.1. The minimum Gasteiger partial charge on any atom is -0.508 e. The summed E-state index contributed by atoms with van der Waals surface area (Å²) in [7, 11) is 0. The van der Waals surface area contributed by atoms with Crippen LogP contribution in [0.15, 0.2) is 66.7 Å². The molecule has 0 radical (unpaired) electrons. The SMILES string of the molecule is O=C(C=Cc1ccc(O)cc1)OCC1OC(Oc2ccc(C3CC(=O)c4c(O)cc(O)cc4O3)cc2)C(O)C(O)C1O. The molecule has 12 nitrogen and oxygen atoms in total. The molecule has 42 heavy (non-hydrogen) atoms. The van der Waals surface area contributed by atoms with Gasteiger partial charge in [0, 0.05) is 18.2 Å². The Labute approximate surface area is 239 Å². The van der Waals surface area contributed by atoms with E-state index in [1.54, 1.807) is 24.3 Å². The largest absolute Gasteiger partial charge is 0.508 e. The number of aromatic hydroxyl groups is 3. The summed E-state index contributed by atoms with van der Waals surface area (Å²) in [5, 5.41) is 60.2. The van der Waals surface area contributed by atoms with Gasteiger partial charge in [-0.3, -0.25) is 4.79 Å². The number of esters is 1. The van der Waals surface area contributed by atoms with Gasteiger partial charge in [-0.25, -0.2) is 4.79 Å². The fourth-order valence-corrected chi connectivity index (χ4v) is 4.62. The number of hydrogen-bond donors (Lipinski definition) is 6. The van der Waals surface area contributed by atoms with Crippen LogP contribution < -0.4 is 9.47 Å². The summed E-state index contributed by atoms with van der Waals surface area (Å²) in [5.74, 6) is -1.36. The van der Waals surface area contributed by atoms with Gasteiger partial charge in [0.25, 0.3) is 0 Å². The van der Waals surface area contributed by atoms with Crippen LogP contribution in [-0.4, -0.2) is 79.7 Å². The number of phenolic OH excluding ortho intramolecular Hbond substituents is 3. The van der Waals surface area contributed by atoms with Gasteiger partial charge < -0.3 is 49.6 Å². The van der Waals surface area contributed by atoms with Crippen molar-refractivity contribution in [1.82, 2.24) is 0 Å². The molecule has 0 aromatic heterocycles. The quantitative estimate of drug-likeness (QED) is 0.176. The highest BCUT2D eigenvalue weighted by atomic mass is 16.7. The molecule has 3 aromatic rings. The van der Waals surface area contributed by atoms with Crippen LogP contribution in [0.5, 0.6) is 28.7 Å². The molecule has 0 bridgehead atoms. The average Bonchev–Trinajstić information content (AvgIpc) is 2.96. The number of ether oxygens (including phenoxy) is 4. The van der Waals surface area contributed by atoms with E-state index in [4.69, 9.17) is 18.9 Å². The standard InChI is InChI=1S/C30H28O12/c31-17-6-1-15(2-7-17)3-10-25(35)39-14-24-27(36)28(37)29(38)30(42-24)40-19-8-4-16(5-9-19)22-13-21(34)26-20(33)11-18(32)12-23(26)41-22/h1-12,22,24,27-33,36-38H,13-14H2. The number of rotatable bonds is 7. The number of ketones is 1. The van der Waals surface area contributed by atoms with Crippen molar-refractivity contribution in [3.05, 3.63) is 83.4 Å². The lowest BCUT2D eigenvalue weighted by Crippen LogP contribution is -2.60. The molecule has 2 heterocycles. The Balaban J connectivity index is 1.20. The summed E-state index contributed by atoms with van der Waals surface area (Å²) in [6, 6.07) is 14.7. The monoisotopic (exact) mass is 580 g/mol. The Kier molecular flexibility index (Phi) is 8.31. The lowest BCUT2D eigenvalue weighted by atomic mass is 9.95. The van der Waals surface area contributed by atoms with Crippen LogP contribution in [0.4, 0.5) is 0 Å². The number of benzene rings is 3. The van der Waals surface area contributed by atoms with Crippen LogP contribution in [0.1, 0.15) is 34.0 Å². The maximum Gasteiger partial charge on any atom is 0.330 e. The number of phenols is 3. The Morgan fingerprint density at radius 2 is 1.62 bits per heavy atom. The summed E-state index contributed by atoms with van der Waals surface area (Å²) in [6.45, 7) is -0.442. The van der Waals surface area contributed by atoms with E-state index < -0.39 is 49.4 Å². The molecule has 2 aliphatic heterocycles. The average molecular weight is 581 g/mol. The zero-order chi connectivity index (χ0) is 30.0. The number of Topliss-reactive ketones (excluding diaryl/α,β-unsaturated/α-hetero) is 1.